The highest BCUT2D eigenvalue weighted by molar-refractivity contribution is 6.05. The highest BCUT2D eigenvalue weighted by atomic mass is 15.5. The third kappa shape index (κ3) is 1.24. The van der Waals surface area contributed by atoms with E-state index in [1.807, 2.05) is 0 Å². The molecule has 0 radical (unpaired) electrons. The fraction of sp³-hybridized carbons (Fsp3) is 0.222. The molecule has 0 spiro atoms. The van der Waals surface area contributed by atoms with Crippen LogP contribution in [0.15, 0.2) is 29.4 Å². The minimum absolute atomic E-state index is 1.01. The first-order valence-corrected chi connectivity index (χ1v) is 3.83. The quantitative estimate of drug-likeness (QED) is 0.674. The minimum Gasteiger partial charge on any atom is -0.257 e. The van der Waals surface area contributed by atoms with Crippen molar-refractivity contribution in [1.29, 1.82) is 0 Å². The molecular weight excluding hydrogens is 136 g/mol. The largest absolute Gasteiger partial charge is 0.257 e. The van der Waals surface area contributed by atoms with Crippen LogP contribution in [0.25, 0.3) is 0 Å². The second-order valence-electron chi connectivity index (χ2n) is 2.63. The lowest BCUT2D eigenvalue weighted by Crippen LogP contribution is -1.95. The lowest BCUT2D eigenvalue weighted by atomic mass is 10.1. The van der Waals surface area contributed by atoms with Gasteiger partial charge in [0.25, 0.3) is 0 Å². The van der Waals surface area contributed by atoms with Gasteiger partial charge in [0.05, 0.1) is 0 Å². The Labute approximate surface area is 65.9 Å². The maximum absolute atomic E-state index is 3.91. The highest BCUT2D eigenvalue weighted by Gasteiger charge is 2.11. The Morgan fingerprint density at radius 1 is 1.45 bits per heavy atom. The molecule has 0 amide bonds. The van der Waals surface area contributed by atoms with Crippen molar-refractivity contribution in [3.8, 4) is 0 Å². The molecule has 0 fully saturated rings. The number of benzene rings is 1. The topological polar surface area (TPSA) is 34.3 Å². The molecule has 2 heteroatoms. The van der Waals surface area contributed by atoms with Crippen molar-refractivity contribution in [2.75, 3.05) is 0 Å². The third-order valence-electron chi connectivity index (χ3n) is 1.83. The second-order valence-corrected chi connectivity index (χ2v) is 2.63. The summed E-state index contributed by atoms with van der Waals surface area (Å²) >= 11 is 0. The molecule has 56 valence electrons. The van der Waals surface area contributed by atoms with Crippen LogP contribution in [0.1, 0.15) is 18.1 Å². The number of nitrogens with zero attached hydrogens (tertiary/aromatic N) is 1. The van der Waals surface area contributed by atoms with Crippen molar-refractivity contribution >= 4 is 5.84 Å². The van der Waals surface area contributed by atoms with Gasteiger partial charge in [-0.1, -0.05) is 25.1 Å². The summed E-state index contributed by atoms with van der Waals surface area (Å²) in [5, 5.41) is 3.91. The van der Waals surface area contributed by atoms with Gasteiger partial charge in [-0.25, -0.2) is 0 Å². The van der Waals surface area contributed by atoms with Crippen LogP contribution in [0.4, 0.5) is 0 Å². The van der Waals surface area contributed by atoms with Crippen molar-refractivity contribution in [3.05, 3.63) is 35.4 Å². The Balaban J connectivity index is 2.34. The SMILES string of the molecule is CCc1cccc(C2=NN2)c1. The third-order valence-corrected chi connectivity index (χ3v) is 1.83. The fourth-order valence-electron chi connectivity index (χ4n) is 1.10. The first-order chi connectivity index (χ1) is 5.40. The molecular formula is C9H10N2. The molecule has 2 nitrogen and oxygen atoms in total. The van der Waals surface area contributed by atoms with Crippen molar-refractivity contribution in [3.63, 3.8) is 0 Å². The zero-order valence-corrected chi connectivity index (χ0v) is 6.46. The molecule has 0 aliphatic carbocycles. The van der Waals surface area contributed by atoms with E-state index in [0.29, 0.717) is 0 Å². The van der Waals surface area contributed by atoms with Crippen LogP contribution < -0.4 is 5.43 Å². The summed E-state index contributed by atoms with van der Waals surface area (Å²) in [5.74, 6) is 1.01. The van der Waals surface area contributed by atoms with E-state index in [-0.39, 0.29) is 0 Å². The summed E-state index contributed by atoms with van der Waals surface area (Å²) in [6.45, 7) is 2.15. The van der Waals surface area contributed by atoms with Gasteiger partial charge in [0.2, 0.25) is 0 Å². The Morgan fingerprint density at radius 3 is 2.91 bits per heavy atom. The van der Waals surface area contributed by atoms with Crippen LogP contribution in [0, 0.1) is 0 Å². The normalized spacial score (nSPS) is 13.7. The molecule has 0 unspecified atom stereocenters. The Kier molecular flexibility index (Phi) is 1.39. The van der Waals surface area contributed by atoms with Crippen LogP contribution in [0.2, 0.25) is 0 Å². The van der Waals surface area contributed by atoms with Gasteiger partial charge in [0.15, 0.2) is 5.84 Å². The highest BCUT2D eigenvalue weighted by Crippen LogP contribution is 2.09. The molecule has 0 saturated carbocycles. The Morgan fingerprint density at radius 2 is 2.27 bits per heavy atom. The van der Waals surface area contributed by atoms with Gasteiger partial charge in [0, 0.05) is 5.56 Å². The van der Waals surface area contributed by atoms with E-state index >= 15 is 0 Å². The van der Waals surface area contributed by atoms with Crippen LogP contribution in [-0.2, 0) is 6.42 Å². The fourth-order valence-corrected chi connectivity index (χ4v) is 1.10. The van der Waals surface area contributed by atoms with E-state index in [0.717, 1.165) is 12.3 Å². The predicted molar refractivity (Wildman–Crippen MR) is 45.5 cm³/mol. The Hall–Kier alpha value is -1.31. The number of nitrogens with one attached hydrogen (secondary N) is 1. The van der Waals surface area contributed by atoms with Gasteiger partial charge in [-0.3, -0.25) is 5.43 Å². The molecule has 1 aromatic carbocycles. The molecule has 0 saturated heterocycles. The van der Waals surface area contributed by atoms with E-state index in [1.165, 1.54) is 11.1 Å². The average Bonchev–Trinajstić information content (AvgIpc) is 2.87. The maximum atomic E-state index is 3.91. The van der Waals surface area contributed by atoms with E-state index in [1.54, 1.807) is 0 Å². The average molecular weight is 146 g/mol. The number of rotatable bonds is 2. The summed E-state index contributed by atoms with van der Waals surface area (Å²) in [5.41, 5.74) is 5.40. The molecule has 11 heavy (non-hydrogen) atoms. The standard InChI is InChI=1S/C9H10N2/c1-2-7-4-3-5-8(6-7)9-10-11-9/h3-6H,2H2,1H3,(H,10,11). The molecule has 1 aliphatic rings. The van der Waals surface area contributed by atoms with Gasteiger partial charge < -0.3 is 0 Å². The number of amidine groups is 1. The molecule has 1 heterocycles. The molecule has 0 bridgehead atoms. The van der Waals surface area contributed by atoms with Crippen molar-refractivity contribution < 1.29 is 0 Å². The number of hydrogen-bond acceptors (Lipinski definition) is 2. The zero-order chi connectivity index (χ0) is 7.68. The summed E-state index contributed by atoms with van der Waals surface area (Å²) in [4.78, 5) is 0. The van der Waals surface area contributed by atoms with Gasteiger partial charge in [-0.2, -0.15) is 5.10 Å². The monoisotopic (exact) mass is 146 g/mol. The summed E-state index contributed by atoms with van der Waals surface area (Å²) in [7, 11) is 0. The number of hydrogen-bond donors (Lipinski definition) is 1. The maximum Gasteiger partial charge on any atom is 0.173 e. The van der Waals surface area contributed by atoms with Gasteiger partial charge in [-0.15, -0.1) is 0 Å². The molecule has 1 N–H and O–H groups in total. The van der Waals surface area contributed by atoms with Crippen LogP contribution >= 0.6 is 0 Å². The molecule has 2 rings (SSSR count). The van der Waals surface area contributed by atoms with Crippen LogP contribution in [0.3, 0.4) is 0 Å². The molecule has 0 atom stereocenters. The second kappa shape index (κ2) is 2.38. The van der Waals surface area contributed by atoms with Crippen LogP contribution in [-0.4, -0.2) is 5.84 Å². The smallest absolute Gasteiger partial charge is 0.173 e. The molecule has 1 aromatic rings. The van der Waals surface area contributed by atoms with Gasteiger partial charge in [-0.05, 0) is 18.1 Å². The first-order valence-electron chi connectivity index (χ1n) is 3.83. The lowest BCUT2D eigenvalue weighted by molar-refractivity contribution is 1.14. The zero-order valence-electron chi connectivity index (χ0n) is 6.46. The minimum atomic E-state index is 1.01. The van der Waals surface area contributed by atoms with E-state index in [2.05, 4.69) is 41.7 Å². The molecule has 0 aromatic heterocycles. The Bertz CT molecular complexity index is 302. The predicted octanol–water partition coefficient (Wildman–Crippen LogP) is 1.51. The lowest BCUT2D eigenvalue weighted by Gasteiger charge is -1.96. The van der Waals surface area contributed by atoms with E-state index in [4.69, 9.17) is 0 Å². The van der Waals surface area contributed by atoms with Crippen LogP contribution in [0.5, 0.6) is 0 Å². The molecule has 1 aliphatic heterocycles. The van der Waals surface area contributed by atoms with Crippen molar-refractivity contribution in [1.82, 2.24) is 5.43 Å². The number of hydrazone groups is 1. The summed E-state index contributed by atoms with van der Waals surface area (Å²) < 4.78 is 0. The van der Waals surface area contributed by atoms with E-state index < -0.39 is 0 Å². The first kappa shape index (κ1) is 6.40. The van der Waals surface area contributed by atoms with Gasteiger partial charge in [0.1, 0.15) is 0 Å². The number of aryl methyl sites for hydroxylation is 1. The van der Waals surface area contributed by atoms with Crippen molar-refractivity contribution in [2.45, 2.75) is 13.3 Å². The van der Waals surface area contributed by atoms with Crippen molar-refractivity contribution in [2.24, 2.45) is 5.10 Å². The van der Waals surface area contributed by atoms with E-state index in [9.17, 15) is 0 Å². The van der Waals surface area contributed by atoms with Gasteiger partial charge >= 0.3 is 0 Å². The summed E-state index contributed by atoms with van der Waals surface area (Å²) in [6, 6.07) is 8.43. The summed E-state index contributed by atoms with van der Waals surface area (Å²) in [6.07, 6.45) is 1.08.